The molecule has 1 saturated carbocycles. The first kappa shape index (κ1) is 15.7. The molecule has 1 aliphatic heterocycles. The van der Waals surface area contributed by atoms with Crippen LogP contribution in [-0.4, -0.2) is 34.9 Å². The van der Waals surface area contributed by atoms with Crippen LogP contribution in [0.4, 0.5) is 4.39 Å². The number of fused-ring (bicyclic) bond motifs is 1. The smallest absolute Gasteiger partial charge is 0.273 e. The Morgan fingerprint density at radius 2 is 2.25 bits per heavy atom. The van der Waals surface area contributed by atoms with E-state index in [-0.39, 0.29) is 17.8 Å². The summed E-state index contributed by atoms with van der Waals surface area (Å²) in [7, 11) is 0. The molecule has 2 N–H and O–H groups in total. The van der Waals surface area contributed by atoms with Crippen molar-refractivity contribution in [2.45, 2.75) is 25.3 Å². The number of aromatic nitrogens is 1. The van der Waals surface area contributed by atoms with Crippen LogP contribution in [0.5, 0.6) is 0 Å². The highest BCUT2D eigenvalue weighted by molar-refractivity contribution is 7.09. The summed E-state index contributed by atoms with van der Waals surface area (Å²) in [4.78, 5) is 19.0. The zero-order valence-electron chi connectivity index (χ0n) is 13.3. The number of carbonyl (C=O) groups excluding carboxylic acids is 1. The van der Waals surface area contributed by atoms with Crippen LogP contribution in [0.2, 0.25) is 0 Å². The zero-order chi connectivity index (χ0) is 16.7. The van der Waals surface area contributed by atoms with E-state index in [1.807, 2.05) is 16.3 Å². The number of benzene rings is 1. The zero-order valence-corrected chi connectivity index (χ0v) is 14.1. The van der Waals surface area contributed by atoms with Gasteiger partial charge in [0.25, 0.3) is 5.91 Å². The SMILES string of the molecule is NC1CCC2CN(C(=O)c3csc(Cc4cccc(F)c4)n3)CC12. The molecule has 0 radical (unpaired) electrons. The van der Waals surface area contributed by atoms with Crippen molar-refractivity contribution in [1.29, 1.82) is 0 Å². The van der Waals surface area contributed by atoms with Crippen molar-refractivity contribution in [3.8, 4) is 0 Å². The van der Waals surface area contributed by atoms with Gasteiger partial charge in [0.15, 0.2) is 0 Å². The molecule has 0 spiro atoms. The molecule has 1 aromatic carbocycles. The van der Waals surface area contributed by atoms with E-state index in [4.69, 9.17) is 5.73 Å². The van der Waals surface area contributed by atoms with Crippen molar-refractivity contribution in [1.82, 2.24) is 9.88 Å². The van der Waals surface area contributed by atoms with Crippen molar-refractivity contribution >= 4 is 17.2 Å². The Hall–Kier alpha value is -1.79. The lowest BCUT2D eigenvalue weighted by atomic mass is 9.98. The Labute approximate surface area is 144 Å². The largest absolute Gasteiger partial charge is 0.337 e. The summed E-state index contributed by atoms with van der Waals surface area (Å²) in [6.07, 6.45) is 2.75. The van der Waals surface area contributed by atoms with Crippen LogP contribution in [-0.2, 0) is 6.42 Å². The number of likely N-dealkylation sites (tertiary alicyclic amines) is 1. The normalized spacial score (nSPS) is 25.9. The van der Waals surface area contributed by atoms with Crippen molar-refractivity contribution in [2.75, 3.05) is 13.1 Å². The summed E-state index contributed by atoms with van der Waals surface area (Å²) in [6.45, 7) is 1.55. The molecule has 4 rings (SSSR count). The van der Waals surface area contributed by atoms with Crippen molar-refractivity contribution < 1.29 is 9.18 Å². The quantitative estimate of drug-likeness (QED) is 0.930. The third-order valence-electron chi connectivity index (χ3n) is 5.21. The molecule has 1 amide bonds. The number of thiazole rings is 1. The van der Waals surface area contributed by atoms with Crippen LogP contribution in [0.25, 0.3) is 0 Å². The highest BCUT2D eigenvalue weighted by atomic mass is 32.1. The first-order chi connectivity index (χ1) is 11.6. The molecule has 4 nitrogen and oxygen atoms in total. The van der Waals surface area contributed by atoms with Gasteiger partial charge in [0, 0.05) is 30.9 Å². The third-order valence-corrected chi connectivity index (χ3v) is 6.06. The number of hydrogen-bond donors (Lipinski definition) is 1. The van der Waals surface area contributed by atoms with E-state index in [1.165, 1.54) is 23.5 Å². The van der Waals surface area contributed by atoms with E-state index < -0.39 is 0 Å². The summed E-state index contributed by atoms with van der Waals surface area (Å²) < 4.78 is 13.3. The molecule has 6 heteroatoms. The number of rotatable bonds is 3. The molecular weight excluding hydrogens is 325 g/mol. The molecule has 0 bridgehead atoms. The standard InChI is InChI=1S/C18H20FN3OS/c19-13-3-1-2-11(6-13)7-17-21-16(10-24-17)18(23)22-8-12-4-5-15(20)14(12)9-22/h1-3,6,10,12,14-15H,4-5,7-9,20H2. The molecular formula is C18H20FN3OS. The van der Waals surface area contributed by atoms with Crippen LogP contribution >= 0.6 is 11.3 Å². The summed E-state index contributed by atoms with van der Waals surface area (Å²) in [6, 6.07) is 6.72. The molecule has 24 heavy (non-hydrogen) atoms. The third kappa shape index (κ3) is 2.96. The molecule has 3 atom stereocenters. The van der Waals surface area contributed by atoms with Gasteiger partial charge in [-0.15, -0.1) is 11.3 Å². The van der Waals surface area contributed by atoms with Crippen LogP contribution in [0.1, 0.15) is 33.9 Å². The summed E-state index contributed by atoms with van der Waals surface area (Å²) in [5.74, 6) is 0.743. The lowest BCUT2D eigenvalue weighted by Crippen LogP contribution is -2.33. The van der Waals surface area contributed by atoms with Crippen molar-refractivity contribution in [3.05, 3.63) is 51.7 Å². The summed E-state index contributed by atoms with van der Waals surface area (Å²) in [5.41, 5.74) is 7.51. The maximum absolute atomic E-state index is 13.3. The fraction of sp³-hybridized carbons (Fsp3) is 0.444. The molecule has 1 aliphatic carbocycles. The molecule has 2 heterocycles. The number of amides is 1. The molecule has 2 fully saturated rings. The second-order valence-electron chi connectivity index (χ2n) is 6.81. The Morgan fingerprint density at radius 3 is 3.04 bits per heavy atom. The van der Waals surface area contributed by atoms with Gasteiger partial charge >= 0.3 is 0 Å². The van der Waals surface area contributed by atoms with Crippen LogP contribution in [0.3, 0.4) is 0 Å². The molecule has 126 valence electrons. The highest BCUT2D eigenvalue weighted by Gasteiger charge is 2.42. The van der Waals surface area contributed by atoms with Crippen LogP contribution in [0, 0.1) is 17.7 Å². The maximum atomic E-state index is 13.3. The second-order valence-corrected chi connectivity index (χ2v) is 7.75. The van der Waals surface area contributed by atoms with Gasteiger partial charge in [-0.3, -0.25) is 4.79 Å². The van der Waals surface area contributed by atoms with Crippen molar-refractivity contribution in [3.63, 3.8) is 0 Å². The maximum Gasteiger partial charge on any atom is 0.273 e. The van der Waals surface area contributed by atoms with Crippen molar-refractivity contribution in [2.24, 2.45) is 17.6 Å². The number of nitrogens with two attached hydrogens (primary N) is 1. The van der Waals surface area contributed by atoms with Gasteiger partial charge in [0.2, 0.25) is 0 Å². The molecule has 1 saturated heterocycles. The first-order valence-corrected chi connectivity index (χ1v) is 9.22. The van der Waals surface area contributed by atoms with Gasteiger partial charge in [-0.1, -0.05) is 12.1 Å². The van der Waals surface area contributed by atoms with Gasteiger partial charge in [0.1, 0.15) is 11.5 Å². The minimum Gasteiger partial charge on any atom is -0.337 e. The van der Waals surface area contributed by atoms with E-state index in [2.05, 4.69) is 4.98 Å². The van der Waals surface area contributed by atoms with Gasteiger partial charge in [0.05, 0.1) is 5.01 Å². The average molecular weight is 345 g/mol. The number of hydrogen-bond acceptors (Lipinski definition) is 4. The second kappa shape index (κ2) is 6.26. The lowest BCUT2D eigenvalue weighted by Gasteiger charge is -2.17. The summed E-state index contributed by atoms with van der Waals surface area (Å²) >= 11 is 1.45. The van der Waals surface area contributed by atoms with E-state index in [1.54, 1.807) is 6.07 Å². The van der Waals surface area contributed by atoms with E-state index in [0.717, 1.165) is 36.5 Å². The van der Waals surface area contributed by atoms with Gasteiger partial charge in [-0.05, 0) is 42.4 Å². The molecule has 2 aromatic rings. The molecule has 2 aliphatic rings. The summed E-state index contributed by atoms with van der Waals surface area (Å²) in [5, 5.41) is 2.64. The Morgan fingerprint density at radius 1 is 1.38 bits per heavy atom. The predicted octanol–water partition coefficient (Wildman–Crippen LogP) is 2.68. The minimum absolute atomic E-state index is 0.00153. The first-order valence-electron chi connectivity index (χ1n) is 8.34. The van der Waals surface area contributed by atoms with E-state index in [0.29, 0.717) is 24.0 Å². The van der Waals surface area contributed by atoms with Crippen LogP contribution < -0.4 is 5.73 Å². The number of carbonyl (C=O) groups is 1. The van der Waals surface area contributed by atoms with Gasteiger partial charge in [-0.25, -0.2) is 9.37 Å². The number of nitrogens with zero attached hydrogens (tertiary/aromatic N) is 2. The monoisotopic (exact) mass is 345 g/mol. The topological polar surface area (TPSA) is 59.2 Å². The number of halogens is 1. The minimum atomic E-state index is -0.250. The molecule has 1 aromatic heterocycles. The van der Waals surface area contributed by atoms with E-state index in [9.17, 15) is 9.18 Å². The van der Waals surface area contributed by atoms with E-state index >= 15 is 0 Å². The van der Waals surface area contributed by atoms with Gasteiger partial charge in [-0.2, -0.15) is 0 Å². The highest BCUT2D eigenvalue weighted by Crippen LogP contribution is 2.37. The molecule has 3 unspecified atom stereocenters. The lowest BCUT2D eigenvalue weighted by molar-refractivity contribution is 0.0774. The van der Waals surface area contributed by atoms with Gasteiger partial charge < -0.3 is 10.6 Å². The predicted molar refractivity (Wildman–Crippen MR) is 91.4 cm³/mol. The Kier molecular flexibility index (Phi) is 4.10. The van der Waals surface area contributed by atoms with Crippen LogP contribution in [0.15, 0.2) is 29.6 Å². The average Bonchev–Trinajstić information content (AvgIpc) is 3.25. The fourth-order valence-corrected chi connectivity index (χ4v) is 4.75. The Bertz CT molecular complexity index is 762. The Balaban J connectivity index is 1.44. The fourth-order valence-electron chi connectivity index (χ4n) is 3.95.